The molecule has 0 aliphatic carbocycles. The third-order valence-corrected chi connectivity index (χ3v) is 3.97. The molecule has 0 fully saturated rings. The summed E-state index contributed by atoms with van der Waals surface area (Å²) in [4.78, 5) is 16.1. The van der Waals surface area contributed by atoms with Gasteiger partial charge in [0, 0.05) is 11.5 Å². The van der Waals surface area contributed by atoms with Gasteiger partial charge in [0.2, 0.25) is 0 Å². The first kappa shape index (κ1) is 12.8. The number of carboxylic acids is 1. The molecule has 2 rings (SSSR count). The van der Waals surface area contributed by atoms with Gasteiger partial charge in [-0.2, -0.15) is 0 Å². The van der Waals surface area contributed by atoms with E-state index in [0.717, 1.165) is 16.1 Å². The van der Waals surface area contributed by atoms with E-state index in [-0.39, 0.29) is 5.92 Å². The normalized spacial score (nSPS) is 10.9. The fraction of sp³-hybridized carbons (Fsp3) is 0.286. The van der Waals surface area contributed by atoms with Crippen LogP contribution >= 0.6 is 11.3 Å². The van der Waals surface area contributed by atoms with Gasteiger partial charge in [-0.3, -0.25) is 0 Å². The number of nitrogens with zero attached hydrogens (tertiary/aromatic N) is 1. The Kier molecular flexibility index (Phi) is 3.48. The van der Waals surface area contributed by atoms with Gasteiger partial charge in [0.15, 0.2) is 0 Å². The fourth-order valence-electron chi connectivity index (χ4n) is 1.72. The predicted octanol–water partition coefficient (Wildman–Crippen LogP) is 3.94. The number of hydrogen-bond acceptors (Lipinski definition) is 3. The molecule has 0 spiro atoms. The van der Waals surface area contributed by atoms with Crippen LogP contribution in [0.15, 0.2) is 24.3 Å². The van der Waals surface area contributed by atoms with Crippen molar-refractivity contribution in [3.8, 4) is 11.3 Å². The lowest BCUT2D eigenvalue weighted by molar-refractivity contribution is 0.0702. The van der Waals surface area contributed by atoms with Crippen molar-refractivity contribution in [2.24, 2.45) is 0 Å². The highest BCUT2D eigenvalue weighted by atomic mass is 32.1. The highest BCUT2D eigenvalue weighted by molar-refractivity contribution is 7.14. The third kappa shape index (κ3) is 2.43. The number of rotatable bonds is 3. The van der Waals surface area contributed by atoms with E-state index in [2.05, 4.69) is 4.98 Å². The monoisotopic (exact) mass is 261 g/mol. The molecular weight excluding hydrogens is 246 g/mol. The molecule has 0 radical (unpaired) electrons. The second-order valence-corrected chi connectivity index (χ2v) is 5.59. The maximum Gasteiger partial charge on any atom is 0.348 e. The van der Waals surface area contributed by atoms with Crippen molar-refractivity contribution in [1.29, 1.82) is 0 Å². The molecule has 1 N–H and O–H groups in total. The van der Waals surface area contributed by atoms with E-state index in [4.69, 9.17) is 0 Å². The molecule has 0 aliphatic rings. The molecule has 0 amide bonds. The Morgan fingerprint density at radius 2 is 2.11 bits per heavy atom. The van der Waals surface area contributed by atoms with Gasteiger partial charge in [0.05, 0.1) is 10.7 Å². The number of aromatic nitrogens is 1. The van der Waals surface area contributed by atoms with Crippen LogP contribution in [-0.2, 0) is 0 Å². The fourth-order valence-corrected chi connectivity index (χ4v) is 2.65. The van der Waals surface area contributed by atoms with Crippen LogP contribution in [0.2, 0.25) is 0 Å². The molecule has 18 heavy (non-hydrogen) atoms. The average molecular weight is 261 g/mol. The molecule has 1 aromatic heterocycles. The first-order valence-electron chi connectivity index (χ1n) is 5.80. The summed E-state index contributed by atoms with van der Waals surface area (Å²) in [5, 5.41) is 10.1. The lowest BCUT2D eigenvalue weighted by atomic mass is 10.1. The Hall–Kier alpha value is -1.68. The lowest BCUT2D eigenvalue weighted by Gasteiger charge is -2.00. The highest BCUT2D eigenvalue weighted by Crippen LogP contribution is 2.32. The van der Waals surface area contributed by atoms with Crippen molar-refractivity contribution in [3.05, 3.63) is 39.7 Å². The second kappa shape index (κ2) is 4.90. The van der Waals surface area contributed by atoms with Crippen molar-refractivity contribution >= 4 is 17.3 Å². The van der Waals surface area contributed by atoms with Gasteiger partial charge in [-0.1, -0.05) is 37.6 Å². The third-order valence-electron chi connectivity index (χ3n) is 2.62. The topological polar surface area (TPSA) is 50.2 Å². The number of thiazole rings is 1. The predicted molar refractivity (Wildman–Crippen MR) is 73.3 cm³/mol. The van der Waals surface area contributed by atoms with E-state index in [0.29, 0.717) is 10.6 Å². The molecular formula is C14H15NO2S. The van der Waals surface area contributed by atoms with Crippen LogP contribution in [0.3, 0.4) is 0 Å². The van der Waals surface area contributed by atoms with E-state index in [1.165, 1.54) is 11.3 Å². The van der Waals surface area contributed by atoms with Crippen LogP contribution < -0.4 is 0 Å². The molecule has 2 aromatic rings. The summed E-state index contributed by atoms with van der Waals surface area (Å²) < 4.78 is 0. The van der Waals surface area contributed by atoms with E-state index in [1.54, 1.807) is 0 Å². The van der Waals surface area contributed by atoms with Crippen LogP contribution in [0.5, 0.6) is 0 Å². The van der Waals surface area contributed by atoms with E-state index < -0.39 is 5.97 Å². The van der Waals surface area contributed by atoms with Gasteiger partial charge in [-0.15, -0.1) is 11.3 Å². The molecule has 1 heterocycles. The van der Waals surface area contributed by atoms with Crippen molar-refractivity contribution in [2.45, 2.75) is 26.7 Å². The highest BCUT2D eigenvalue weighted by Gasteiger charge is 2.19. The SMILES string of the molecule is Cc1cccc(-c2nc(C(C)C)sc2C(=O)O)c1. The minimum absolute atomic E-state index is 0.242. The zero-order chi connectivity index (χ0) is 13.3. The summed E-state index contributed by atoms with van der Waals surface area (Å²) in [6.07, 6.45) is 0. The molecule has 3 nitrogen and oxygen atoms in total. The van der Waals surface area contributed by atoms with Gasteiger partial charge >= 0.3 is 5.97 Å². The van der Waals surface area contributed by atoms with Crippen LogP contribution in [0.25, 0.3) is 11.3 Å². The van der Waals surface area contributed by atoms with E-state index >= 15 is 0 Å². The molecule has 0 atom stereocenters. The van der Waals surface area contributed by atoms with E-state index in [9.17, 15) is 9.90 Å². The molecule has 0 aliphatic heterocycles. The molecule has 1 aromatic carbocycles. The Morgan fingerprint density at radius 1 is 1.39 bits per heavy atom. The van der Waals surface area contributed by atoms with Gasteiger partial charge in [-0.05, 0) is 13.0 Å². The molecule has 0 saturated carbocycles. The molecule has 94 valence electrons. The Bertz CT molecular complexity index is 587. The van der Waals surface area contributed by atoms with Gasteiger partial charge in [0.25, 0.3) is 0 Å². The number of carboxylic acid groups (broad SMARTS) is 1. The van der Waals surface area contributed by atoms with Gasteiger partial charge in [-0.25, -0.2) is 9.78 Å². The molecule has 0 bridgehead atoms. The van der Waals surface area contributed by atoms with E-state index in [1.807, 2.05) is 45.0 Å². The summed E-state index contributed by atoms with van der Waals surface area (Å²) in [7, 11) is 0. The second-order valence-electron chi connectivity index (χ2n) is 4.56. The zero-order valence-electron chi connectivity index (χ0n) is 10.6. The minimum Gasteiger partial charge on any atom is -0.477 e. The maximum atomic E-state index is 11.3. The summed E-state index contributed by atoms with van der Waals surface area (Å²) in [6, 6.07) is 7.77. The van der Waals surface area contributed by atoms with Crippen molar-refractivity contribution in [1.82, 2.24) is 4.98 Å². The molecule has 0 saturated heterocycles. The largest absolute Gasteiger partial charge is 0.477 e. The van der Waals surface area contributed by atoms with Crippen molar-refractivity contribution in [3.63, 3.8) is 0 Å². The summed E-state index contributed by atoms with van der Waals surface area (Å²) in [5.74, 6) is -0.664. The Labute approximate surface area is 110 Å². The lowest BCUT2D eigenvalue weighted by Crippen LogP contribution is -1.95. The first-order chi connectivity index (χ1) is 8.49. The van der Waals surface area contributed by atoms with Crippen LogP contribution in [-0.4, -0.2) is 16.1 Å². The van der Waals surface area contributed by atoms with Crippen LogP contribution in [0.4, 0.5) is 0 Å². The van der Waals surface area contributed by atoms with Gasteiger partial charge in [0.1, 0.15) is 4.88 Å². The minimum atomic E-state index is -0.907. The van der Waals surface area contributed by atoms with Crippen molar-refractivity contribution in [2.75, 3.05) is 0 Å². The summed E-state index contributed by atoms with van der Waals surface area (Å²) >= 11 is 1.27. The Balaban J connectivity index is 2.58. The van der Waals surface area contributed by atoms with Crippen LogP contribution in [0, 0.1) is 6.92 Å². The Morgan fingerprint density at radius 3 is 2.67 bits per heavy atom. The summed E-state index contributed by atoms with van der Waals surface area (Å²) in [5.41, 5.74) is 2.55. The maximum absolute atomic E-state index is 11.3. The number of hydrogen-bond donors (Lipinski definition) is 1. The van der Waals surface area contributed by atoms with Crippen LogP contribution in [0.1, 0.15) is 40.0 Å². The number of benzene rings is 1. The molecule has 4 heteroatoms. The van der Waals surface area contributed by atoms with Crippen molar-refractivity contribution < 1.29 is 9.90 Å². The zero-order valence-corrected chi connectivity index (χ0v) is 11.4. The van der Waals surface area contributed by atoms with Gasteiger partial charge < -0.3 is 5.11 Å². The number of aryl methyl sites for hydroxylation is 1. The average Bonchev–Trinajstić information content (AvgIpc) is 2.73. The quantitative estimate of drug-likeness (QED) is 0.910. The smallest absolute Gasteiger partial charge is 0.348 e. The summed E-state index contributed by atoms with van der Waals surface area (Å²) in [6.45, 7) is 6.02. The number of aromatic carboxylic acids is 1. The number of carbonyl (C=O) groups is 1. The molecule has 0 unspecified atom stereocenters. The first-order valence-corrected chi connectivity index (χ1v) is 6.61. The standard InChI is InChI=1S/C14H15NO2S/c1-8(2)13-15-11(12(18-13)14(16)17)10-6-4-5-9(3)7-10/h4-8H,1-3H3,(H,16,17).